The van der Waals surface area contributed by atoms with Gasteiger partial charge in [-0.1, -0.05) is 0 Å². The molecule has 0 aliphatic carbocycles. The maximum Gasteiger partial charge on any atom is 0.319 e. The minimum atomic E-state index is -0.226. The van der Waals surface area contributed by atoms with Crippen LogP contribution in [0.4, 0.5) is 4.79 Å². The lowest BCUT2D eigenvalue weighted by atomic mass is 10.1. The fraction of sp³-hybridized carbons (Fsp3) is 0.500. The number of fused-ring (bicyclic) bond motifs is 1. The lowest BCUT2D eigenvalue weighted by Crippen LogP contribution is -2.43. The fourth-order valence-electron chi connectivity index (χ4n) is 1.84. The Morgan fingerprint density at radius 3 is 3.29 bits per heavy atom. The SMILES string of the molecule is Cn1cnc2c1CN(C(=O)NCN=C=O)CC2. The van der Waals surface area contributed by atoms with Gasteiger partial charge in [0, 0.05) is 20.0 Å². The van der Waals surface area contributed by atoms with Gasteiger partial charge < -0.3 is 14.8 Å². The van der Waals surface area contributed by atoms with Crippen molar-refractivity contribution in [2.24, 2.45) is 12.0 Å². The molecule has 0 saturated heterocycles. The highest BCUT2D eigenvalue weighted by atomic mass is 16.2. The van der Waals surface area contributed by atoms with Gasteiger partial charge in [-0.25, -0.2) is 14.6 Å². The third kappa shape index (κ3) is 2.34. The van der Waals surface area contributed by atoms with Gasteiger partial charge in [-0.2, -0.15) is 4.99 Å². The van der Waals surface area contributed by atoms with Gasteiger partial charge in [0.1, 0.15) is 6.67 Å². The fourth-order valence-corrected chi connectivity index (χ4v) is 1.84. The molecular weight excluding hydrogens is 222 g/mol. The minimum absolute atomic E-state index is 0.0307. The smallest absolute Gasteiger partial charge is 0.319 e. The van der Waals surface area contributed by atoms with Crippen LogP contribution in [-0.2, 0) is 24.8 Å². The Morgan fingerprint density at radius 2 is 2.53 bits per heavy atom. The predicted molar refractivity (Wildman–Crippen MR) is 58.8 cm³/mol. The summed E-state index contributed by atoms with van der Waals surface area (Å²) in [6, 6.07) is -0.226. The summed E-state index contributed by atoms with van der Waals surface area (Å²) in [5.74, 6) is 0. The van der Waals surface area contributed by atoms with E-state index in [4.69, 9.17) is 0 Å². The number of aryl methyl sites for hydroxylation is 1. The monoisotopic (exact) mass is 235 g/mol. The summed E-state index contributed by atoms with van der Waals surface area (Å²) in [5.41, 5.74) is 2.09. The molecule has 0 fully saturated rings. The number of amides is 2. The van der Waals surface area contributed by atoms with E-state index in [1.54, 1.807) is 11.2 Å². The molecule has 7 nitrogen and oxygen atoms in total. The van der Waals surface area contributed by atoms with Crippen molar-refractivity contribution < 1.29 is 9.59 Å². The summed E-state index contributed by atoms with van der Waals surface area (Å²) in [6.45, 7) is 1.13. The molecule has 1 aliphatic heterocycles. The molecule has 1 N–H and O–H groups in total. The molecule has 0 atom stereocenters. The number of aromatic nitrogens is 2. The predicted octanol–water partition coefficient (Wildman–Crippen LogP) is -0.219. The summed E-state index contributed by atoms with van der Waals surface area (Å²) in [4.78, 5) is 30.8. The largest absolute Gasteiger partial charge is 0.336 e. The van der Waals surface area contributed by atoms with Gasteiger partial charge in [-0.15, -0.1) is 0 Å². The van der Waals surface area contributed by atoms with E-state index in [9.17, 15) is 9.59 Å². The van der Waals surface area contributed by atoms with Crippen LogP contribution in [0.3, 0.4) is 0 Å². The zero-order valence-electron chi connectivity index (χ0n) is 9.51. The van der Waals surface area contributed by atoms with Crippen LogP contribution in [0, 0.1) is 0 Å². The maximum atomic E-state index is 11.7. The third-order valence-electron chi connectivity index (χ3n) is 2.77. The highest BCUT2D eigenvalue weighted by Gasteiger charge is 2.23. The Kier molecular flexibility index (Phi) is 3.20. The number of isocyanates is 1. The zero-order chi connectivity index (χ0) is 12.3. The zero-order valence-corrected chi connectivity index (χ0v) is 9.51. The van der Waals surface area contributed by atoms with E-state index in [2.05, 4.69) is 15.3 Å². The van der Waals surface area contributed by atoms with Crippen LogP contribution in [0.15, 0.2) is 11.3 Å². The van der Waals surface area contributed by atoms with E-state index >= 15 is 0 Å². The molecule has 0 unspecified atom stereocenters. The lowest BCUT2D eigenvalue weighted by molar-refractivity contribution is 0.191. The van der Waals surface area contributed by atoms with Crippen molar-refractivity contribution in [3.63, 3.8) is 0 Å². The van der Waals surface area contributed by atoms with Crippen molar-refractivity contribution in [1.82, 2.24) is 19.8 Å². The summed E-state index contributed by atoms with van der Waals surface area (Å²) in [5, 5.41) is 2.52. The molecule has 0 radical (unpaired) electrons. The molecule has 2 heterocycles. The molecule has 0 spiro atoms. The molecule has 1 aromatic rings. The van der Waals surface area contributed by atoms with E-state index in [0.29, 0.717) is 13.1 Å². The van der Waals surface area contributed by atoms with E-state index in [1.165, 1.54) is 6.08 Å². The average Bonchev–Trinajstić information content (AvgIpc) is 2.71. The van der Waals surface area contributed by atoms with Crippen LogP contribution in [0.2, 0.25) is 0 Å². The number of rotatable bonds is 2. The Hall–Kier alpha value is -2.14. The summed E-state index contributed by atoms with van der Waals surface area (Å²) in [7, 11) is 1.91. The van der Waals surface area contributed by atoms with Crippen molar-refractivity contribution in [2.75, 3.05) is 13.2 Å². The van der Waals surface area contributed by atoms with Crippen LogP contribution >= 0.6 is 0 Å². The highest BCUT2D eigenvalue weighted by Crippen LogP contribution is 2.16. The number of carbonyl (C=O) groups excluding carboxylic acids is 2. The summed E-state index contributed by atoms with van der Waals surface area (Å²) >= 11 is 0. The minimum Gasteiger partial charge on any atom is -0.336 e. The maximum absolute atomic E-state index is 11.7. The average molecular weight is 235 g/mol. The van der Waals surface area contributed by atoms with Crippen molar-refractivity contribution in [3.8, 4) is 0 Å². The van der Waals surface area contributed by atoms with Gasteiger partial charge in [0.15, 0.2) is 0 Å². The number of urea groups is 1. The lowest BCUT2D eigenvalue weighted by Gasteiger charge is -2.26. The molecule has 90 valence electrons. The molecule has 0 bridgehead atoms. The molecule has 0 aromatic carbocycles. The topological polar surface area (TPSA) is 79.6 Å². The molecule has 7 heteroatoms. The van der Waals surface area contributed by atoms with Crippen LogP contribution in [0.1, 0.15) is 11.4 Å². The molecule has 1 aliphatic rings. The van der Waals surface area contributed by atoms with Gasteiger partial charge in [-0.3, -0.25) is 0 Å². The first kappa shape index (κ1) is 11.3. The van der Waals surface area contributed by atoms with Crippen molar-refractivity contribution in [3.05, 3.63) is 17.7 Å². The molecule has 2 rings (SSSR count). The van der Waals surface area contributed by atoms with Gasteiger partial charge in [0.25, 0.3) is 0 Å². The van der Waals surface area contributed by atoms with E-state index in [1.807, 2.05) is 11.6 Å². The number of nitrogens with one attached hydrogen (secondary N) is 1. The number of carbonyl (C=O) groups is 1. The van der Waals surface area contributed by atoms with Gasteiger partial charge in [-0.05, 0) is 0 Å². The Labute approximate surface area is 98.1 Å². The standard InChI is InChI=1S/C10H13N5O2/c1-14-6-13-8-2-3-15(4-9(8)14)10(17)12-5-11-7-16/h6H,2-5H2,1H3,(H,12,17). The molecule has 17 heavy (non-hydrogen) atoms. The van der Waals surface area contributed by atoms with E-state index < -0.39 is 0 Å². The Morgan fingerprint density at radius 1 is 1.71 bits per heavy atom. The van der Waals surface area contributed by atoms with Crippen molar-refractivity contribution >= 4 is 12.1 Å². The first-order chi connectivity index (χ1) is 8.22. The van der Waals surface area contributed by atoms with Crippen LogP contribution in [-0.4, -0.2) is 39.8 Å². The first-order valence-electron chi connectivity index (χ1n) is 5.28. The number of nitrogens with zero attached hydrogens (tertiary/aromatic N) is 4. The third-order valence-corrected chi connectivity index (χ3v) is 2.77. The Bertz CT molecular complexity index is 475. The second kappa shape index (κ2) is 4.80. The second-order valence-corrected chi connectivity index (χ2v) is 3.81. The summed E-state index contributed by atoms with van der Waals surface area (Å²) in [6.07, 6.45) is 3.88. The first-order valence-corrected chi connectivity index (χ1v) is 5.28. The number of hydrogen-bond acceptors (Lipinski definition) is 4. The number of aliphatic imine (C=N–C) groups is 1. The second-order valence-electron chi connectivity index (χ2n) is 3.81. The van der Waals surface area contributed by atoms with E-state index in [-0.39, 0.29) is 12.7 Å². The summed E-state index contributed by atoms with van der Waals surface area (Å²) < 4.78 is 1.92. The Balaban J connectivity index is 1.99. The van der Waals surface area contributed by atoms with Gasteiger partial charge in [0.2, 0.25) is 6.08 Å². The molecular formula is C10H13N5O2. The molecule has 1 aromatic heterocycles. The number of imidazole rings is 1. The van der Waals surface area contributed by atoms with Crippen LogP contribution in [0.5, 0.6) is 0 Å². The van der Waals surface area contributed by atoms with Crippen molar-refractivity contribution in [1.29, 1.82) is 0 Å². The van der Waals surface area contributed by atoms with Crippen LogP contribution in [0.25, 0.3) is 0 Å². The quantitative estimate of drug-likeness (QED) is 0.568. The molecule has 2 amide bonds. The molecule has 0 saturated carbocycles. The highest BCUT2D eigenvalue weighted by molar-refractivity contribution is 5.74. The number of hydrogen-bond donors (Lipinski definition) is 1. The van der Waals surface area contributed by atoms with E-state index in [0.717, 1.165) is 17.8 Å². The van der Waals surface area contributed by atoms with Gasteiger partial charge in [0.05, 0.1) is 24.3 Å². The van der Waals surface area contributed by atoms with Crippen molar-refractivity contribution in [2.45, 2.75) is 13.0 Å². The normalized spacial score (nSPS) is 13.8. The van der Waals surface area contributed by atoms with Crippen LogP contribution < -0.4 is 5.32 Å². The van der Waals surface area contributed by atoms with Gasteiger partial charge >= 0.3 is 6.03 Å².